The molecule has 0 saturated heterocycles. The molecule has 3 heterocycles. The van der Waals surface area contributed by atoms with Gasteiger partial charge in [-0.25, -0.2) is 0 Å². The summed E-state index contributed by atoms with van der Waals surface area (Å²) in [6.07, 6.45) is 4.33. The Balaban J connectivity index is 1.22. The molecule has 5 nitrogen and oxygen atoms in total. The minimum atomic E-state index is -0.101. The van der Waals surface area contributed by atoms with E-state index < -0.39 is 0 Å². The lowest BCUT2D eigenvalue weighted by Crippen LogP contribution is -2.30. The molecule has 0 saturated carbocycles. The monoisotopic (exact) mass is 440 g/mol. The highest BCUT2D eigenvalue weighted by Crippen LogP contribution is 2.27. The van der Waals surface area contributed by atoms with Crippen LogP contribution >= 0.6 is 11.3 Å². The van der Waals surface area contributed by atoms with Gasteiger partial charge in [0, 0.05) is 23.2 Å². The number of nitrogens with two attached hydrogens (primary N) is 1. The van der Waals surface area contributed by atoms with E-state index in [1.165, 1.54) is 16.7 Å². The third-order valence-corrected chi connectivity index (χ3v) is 6.25. The largest absolute Gasteiger partial charge is 0.490 e. The van der Waals surface area contributed by atoms with Crippen molar-refractivity contribution in [1.29, 1.82) is 0 Å². The van der Waals surface area contributed by atoms with Gasteiger partial charge in [-0.05, 0) is 70.6 Å². The van der Waals surface area contributed by atoms with Crippen LogP contribution in [0.15, 0.2) is 77.8 Å². The maximum atomic E-state index is 6.35. The molecule has 5 aromatic rings. The fourth-order valence-electron chi connectivity index (χ4n) is 3.81. The summed E-state index contributed by atoms with van der Waals surface area (Å²) in [4.78, 5) is 4.36. The number of nitrogens with zero attached hydrogens (tertiary/aromatic N) is 2. The number of H-pyrrole nitrogens is 1. The van der Waals surface area contributed by atoms with E-state index in [0.717, 1.165) is 39.9 Å². The SMILES string of the molecule is Cc1n[nH]c2ccc(-c3cncc(OC[C@@H](N)Cc4ccc(-c5ccsc5)cc4)c3)cc12. The minimum Gasteiger partial charge on any atom is -0.490 e. The van der Waals surface area contributed by atoms with Crippen LogP contribution in [0.5, 0.6) is 5.75 Å². The predicted molar refractivity (Wildman–Crippen MR) is 131 cm³/mol. The zero-order chi connectivity index (χ0) is 21.9. The Bertz CT molecular complexity index is 1330. The number of aromatic amines is 1. The number of nitrogens with one attached hydrogen (secondary N) is 1. The molecule has 160 valence electrons. The van der Waals surface area contributed by atoms with Crippen LogP contribution in [0.3, 0.4) is 0 Å². The van der Waals surface area contributed by atoms with Crippen LogP contribution in [0, 0.1) is 6.92 Å². The van der Waals surface area contributed by atoms with Crippen molar-refractivity contribution in [3.05, 3.63) is 89.0 Å². The molecule has 0 unspecified atom stereocenters. The van der Waals surface area contributed by atoms with Gasteiger partial charge in [0.1, 0.15) is 12.4 Å². The van der Waals surface area contributed by atoms with Crippen LogP contribution in [0.4, 0.5) is 0 Å². The number of thiophene rings is 1. The second kappa shape index (κ2) is 8.94. The Kier molecular flexibility index (Phi) is 5.71. The van der Waals surface area contributed by atoms with E-state index in [9.17, 15) is 0 Å². The van der Waals surface area contributed by atoms with Gasteiger partial charge in [0.25, 0.3) is 0 Å². The van der Waals surface area contributed by atoms with Gasteiger partial charge in [0.05, 0.1) is 17.4 Å². The summed E-state index contributed by atoms with van der Waals surface area (Å²) in [5.74, 6) is 0.717. The standard InChI is InChI=1S/C26H24N4OS/c1-17-25-12-20(6-7-26(25)30-29-17)22-11-24(14-28-13-22)31-15-23(27)10-18-2-4-19(5-3-18)21-8-9-32-16-21/h2-9,11-14,16,23H,10,15,27H2,1H3,(H,29,30)/t23-/m0/s1. The summed E-state index contributed by atoms with van der Waals surface area (Å²) in [6, 6.07) is 18.8. The number of aryl methyl sites for hydroxylation is 1. The van der Waals surface area contributed by atoms with E-state index in [0.29, 0.717) is 6.61 Å². The predicted octanol–water partition coefficient (Wildman–Crippen LogP) is 5.61. The zero-order valence-electron chi connectivity index (χ0n) is 17.8. The number of fused-ring (bicyclic) bond motifs is 1. The van der Waals surface area contributed by atoms with Gasteiger partial charge in [0.2, 0.25) is 0 Å². The summed E-state index contributed by atoms with van der Waals surface area (Å²) >= 11 is 1.71. The molecule has 3 aromatic heterocycles. The van der Waals surface area contributed by atoms with Gasteiger partial charge in [0.15, 0.2) is 0 Å². The first-order valence-corrected chi connectivity index (χ1v) is 11.5. The van der Waals surface area contributed by atoms with Crippen LogP contribution < -0.4 is 10.5 Å². The average molecular weight is 441 g/mol. The van der Waals surface area contributed by atoms with E-state index in [1.54, 1.807) is 17.5 Å². The maximum absolute atomic E-state index is 6.35. The zero-order valence-corrected chi connectivity index (χ0v) is 18.6. The lowest BCUT2D eigenvalue weighted by Gasteiger charge is -2.14. The number of ether oxygens (including phenoxy) is 1. The second-order valence-electron chi connectivity index (χ2n) is 7.96. The number of rotatable bonds is 7. The summed E-state index contributed by atoms with van der Waals surface area (Å²) in [5.41, 5.74) is 14.1. The van der Waals surface area contributed by atoms with E-state index in [2.05, 4.69) is 68.4 Å². The van der Waals surface area contributed by atoms with Crippen LogP contribution in [0.1, 0.15) is 11.3 Å². The molecule has 0 amide bonds. The molecular formula is C26H24N4OS. The number of hydrogen-bond donors (Lipinski definition) is 2. The molecule has 5 rings (SSSR count). The first kappa shape index (κ1) is 20.4. The Morgan fingerprint density at radius 2 is 1.81 bits per heavy atom. The minimum absolute atomic E-state index is 0.101. The molecule has 3 N–H and O–H groups in total. The fourth-order valence-corrected chi connectivity index (χ4v) is 4.47. The number of aromatic nitrogens is 3. The normalized spacial score (nSPS) is 12.2. The highest BCUT2D eigenvalue weighted by molar-refractivity contribution is 7.08. The Morgan fingerprint density at radius 1 is 0.969 bits per heavy atom. The van der Waals surface area contributed by atoms with E-state index in [4.69, 9.17) is 10.5 Å². The molecule has 0 aliphatic rings. The van der Waals surface area contributed by atoms with Gasteiger partial charge in [-0.15, -0.1) is 0 Å². The first-order valence-electron chi connectivity index (χ1n) is 10.6. The van der Waals surface area contributed by atoms with E-state index in [-0.39, 0.29) is 6.04 Å². The fraction of sp³-hybridized carbons (Fsp3) is 0.154. The van der Waals surface area contributed by atoms with Crippen molar-refractivity contribution in [2.75, 3.05) is 6.61 Å². The van der Waals surface area contributed by atoms with Gasteiger partial charge < -0.3 is 10.5 Å². The number of hydrogen-bond acceptors (Lipinski definition) is 5. The van der Waals surface area contributed by atoms with Crippen molar-refractivity contribution >= 4 is 22.2 Å². The van der Waals surface area contributed by atoms with Crippen LogP contribution in [-0.2, 0) is 6.42 Å². The van der Waals surface area contributed by atoms with Gasteiger partial charge >= 0.3 is 0 Å². The molecule has 32 heavy (non-hydrogen) atoms. The molecule has 2 aromatic carbocycles. The quantitative estimate of drug-likeness (QED) is 0.345. The van der Waals surface area contributed by atoms with E-state index in [1.807, 2.05) is 25.3 Å². The maximum Gasteiger partial charge on any atom is 0.138 e. The Morgan fingerprint density at radius 3 is 2.62 bits per heavy atom. The molecule has 1 atom stereocenters. The lowest BCUT2D eigenvalue weighted by molar-refractivity contribution is 0.287. The summed E-state index contributed by atoms with van der Waals surface area (Å²) in [6.45, 7) is 2.43. The van der Waals surface area contributed by atoms with Gasteiger partial charge in [-0.1, -0.05) is 30.3 Å². The number of pyridine rings is 1. The van der Waals surface area contributed by atoms with Crippen LogP contribution in [0.2, 0.25) is 0 Å². The lowest BCUT2D eigenvalue weighted by atomic mass is 10.0. The van der Waals surface area contributed by atoms with Crippen molar-refractivity contribution in [2.45, 2.75) is 19.4 Å². The second-order valence-corrected chi connectivity index (χ2v) is 8.74. The number of benzene rings is 2. The summed E-state index contributed by atoms with van der Waals surface area (Å²) < 4.78 is 5.98. The smallest absolute Gasteiger partial charge is 0.138 e. The molecular weight excluding hydrogens is 416 g/mol. The Labute approximate surface area is 190 Å². The summed E-state index contributed by atoms with van der Waals surface area (Å²) in [5, 5.41) is 12.7. The third kappa shape index (κ3) is 4.42. The van der Waals surface area contributed by atoms with Crippen molar-refractivity contribution in [3.8, 4) is 28.0 Å². The highest BCUT2D eigenvalue weighted by Gasteiger charge is 2.09. The van der Waals surface area contributed by atoms with Gasteiger partial charge in [-0.3, -0.25) is 10.1 Å². The van der Waals surface area contributed by atoms with Crippen LogP contribution in [-0.4, -0.2) is 27.8 Å². The van der Waals surface area contributed by atoms with Crippen molar-refractivity contribution in [2.24, 2.45) is 5.73 Å². The molecule has 0 radical (unpaired) electrons. The van der Waals surface area contributed by atoms with Crippen molar-refractivity contribution < 1.29 is 4.74 Å². The van der Waals surface area contributed by atoms with Crippen LogP contribution in [0.25, 0.3) is 33.2 Å². The van der Waals surface area contributed by atoms with Crippen molar-refractivity contribution in [1.82, 2.24) is 15.2 Å². The van der Waals surface area contributed by atoms with Crippen molar-refractivity contribution in [3.63, 3.8) is 0 Å². The van der Waals surface area contributed by atoms with E-state index >= 15 is 0 Å². The Hall–Kier alpha value is -3.48. The highest BCUT2D eigenvalue weighted by atomic mass is 32.1. The molecule has 0 aliphatic carbocycles. The summed E-state index contributed by atoms with van der Waals surface area (Å²) in [7, 11) is 0. The molecule has 0 spiro atoms. The molecule has 6 heteroatoms. The molecule has 0 fully saturated rings. The molecule has 0 bridgehead atoms. The molecule has 0 aliphatic heterocycles. The first-order chi connectivity index (χ1) is 15.7. The topological polar surface area (TPSA) is 76.8 Å². The average Bonchev–Trinajstić information content (AvgIpc) is 3.49. The third-order valence-electron chi connectivity index (χ3n) is 5.57. The van der Waals surface area contributed by atoms with Gasteiger partial charge in [-0.2, -0.15) is 16.4 Å².